The molecular formula is C18H12N4+2. The molecule has 2 heterocycles. The summed E-state index contributed by atoms with van der Waals surface area (Å²) in [6, 6.07) is 20.2. The van der Waals surface area contributed by atoms with Gasteiger partial charge in [-0.05, 0) is 12.1 Å². The average Bonchev–Trinajstić information content (AvgIpc) is 2.56. The molecule has 3 aromatic carbocycles. The highest BCUT2D eigenvalue weighted by Gasteiger charge is 2.14. The van der Waals surface area contributed by atoms with Gasteiger partial charge in [-0.2, -0.15) is 0 Å². The lowest BCUT2D eigenvalue weighted by Gasteiger charge is -1.97. The van der Waals surface area contributed by atoms with Crippen molar-refractivity contribution in [3.05, 3.63) is 60.7 Å². The fraction of sp³-hybridized carbons (Fsp3) is 0. The van der Waals surface area contributed by atoms with Crippen molar-refractivity contribution in [3.8, 4) is 0 Å². The lowest BCUT2D eigenvalue weighted by atomic mass is 10.2. The SMILES string of the molecule is c1ccc2[nH+]c3cc4[nH+]c5ccccc5nc4cc3nc2c1. The van der Waals surface area contributed by atoms with Crippen molar-refractivity contribution >= 4 is 44.1 Å². The summed E-state index contributed by atoms with van der Waals surface area (Å²) in [5.74, 6) is 0. The van der Waals surface area contributed by atoms with E-state index in [1.54, 1.807) is 0 Å². The van der Waals surface area contributed by atoms with Crippen molar-refractivity contribution in [3.63, 3.8) is 0 Å². The summed E-state index contributed by atoms with van der Waals surface area (Å²) in [7, 11) is 0. The first-order valence-corrected chi connectivity index (χ1v) is 7.20. The molecule has 0 fully saturated rings. The zero-order valence-electron chi connectivity index (χ0n) is 11.7. The fourth-order valence-corrected chi connectivity index (χ4v) is 2.87. The molecule has 5 aromatic rings. The first-order valence-electron chi connectivity index (χ1n) is 7.20. The van der Waals surface area contributed by atoms with E-state index in [1.165, 1.54) is 0 Å². The second-order valence-corrected chi connectivity index (χ2v) is 5.39. The second kappa shape index (κ2) is 4.18. The minimum Gasteiger partial charge on any atom is -0.235 e. The number of H-pyrrole nitrogens is 2. The standard InChI is InChI=1S/C18H10N4/c1-2-6-12-11(5-1)19-15-9-17-18(10-16(15)20-12)22-14-8-4-3-7-13(14)21-17/h1-10H/p+2. The summed E-state index contributed by atoms with van der Waals surface area (Å²) >= 11 is 0. The number of hydrogen-bond donors (Lipinski definition) is 0. The van der Waals surface area contributed by atoms with Crippen LogP contribution >= 0.6 is 0 Å². The minimum absolute atomic E-state index is 0.919. The Labute approximate surface area is 125 Å². The predicted octanol–water partition coefficient (Wildman–Crippen LogP) is 2.72. The van der Waals surface area contributed by atoms with E-state index in [9.17, 15) is 0 Å². The van der Waals surface area contributed by atoms with E-state index in [1.807, 2.05) is 54.6 Å². The van der Waals surface area contributed by atoms with E-state index in [4.69, 9.17) is 9.97 Å². The van der Waals surface area contributed by atoms with E-state index in [-0.39, 0.29) is 0 Å². The number of rotatable bonds is 0. The molecule has 0 radical (unpaired) electrons. The Morgan fingerprint density at radius 2 is 1.00 bits per heavy atom. The van der Waals surface area contributed by atoms with Crippen molar-refractivity contribution in [1.29, 1.82) is 0 Å². The van der Waals surface area contributed by atoms with Gasteiger partial charge in [-0.1, -0.05) is 24.3 Å². The van der Waals surface area contributed by atoms with Crippen LogP contribution in [0.2, 0.25) is 0 Å². The molecule has 0 aliphatic rings. The Morgan fingerprint density at radius 1 is 0.500 bits per heavy atom. The lowest BCUT2D eigenvalue weighted by molar-refractivity contribution is -0.316. The van der Waals surface area contributed by atoms with E-state index in [0.29, 0.717) is 0 Å². The third-order valence-corrected chi connectivity index (χ3v) is 3.94. The molecule has 0 saturated carbocycles. The predicted molar refractivity (Wildman–Crippen MR) is 85.2 cm³/mol. The molecule has 4 nitrogen and oxygen atoms in total. The van der Waals surface area contributed by atoms with E-state index in [2.05, 4.69) is 16.0 Å². The van der Waals surface area contributed by atoms with Crippen LogP contribution in [0.25, 0.3) is 44.1 Å². The zero-order chi connectivity index (χ0) is 14.5. The molecule has 0 unspecified atom stereocenters. The number of fused-ring (bicyclic) bond motifs is 4. The monoisotopic (exact) mass is 284 g/mol. The molecule has 102 valence electrons. The molecule has 0 saturated heterocycles. The highest BCUT2D eigenvalue weighted by Crippen LogP contribution is 2.18. The topological polar surface area (TPSA) is 54.1 Å². The van der Waals surface area contributed by atoms with Gasteiger partial charge in [-0.3, -0.25) is 0 Å². The van der Waals surface area contributed by atoms with Crippen molar-refractivity contribution in [2.75, 3.05) is 0 Å². The lowest BCUT2D eigenvalue weighted by Crippen LogP contribution is -2.11. The van der Waals surface area contributed by atoms with Crippen molar-refractivity contribution in [1.82, 2.24) is 9.97 Å². The Bertz CT molecular complexity index is 997. The molecule has 0 amide bonds. The maximum atomic E-state index is 4.72. The Morgan fingerprint density at radius 3 is 1.55 bits per heavy atom. The smallest absolute Gasteiger partial charge is 0.235 e. The summed E-state index contributed by atoms with van der Waals surface area (Å²) in [6.45, 7) is 0. The van der Waals surface area contributed by atoms with Crippen LogP contribution in [0.5, 0.6) is 0 Å². The Balaban J connectivity index is 1.93. The van der Waals surface area contributed by atoms with Gasteiger partial charge in [-0.15, -0.1) is 0 Å². The summed E-state index contributed by atoms with van der Waals surface area (Å²) < 4.78 is 0. The van der Waals surface area contributed by atoms with Crippen LogP contribution in [0.3, 0.4) is 0 Å². The van der Waals surface area contributed by atoms with Gasteiger partial charge in [0.15, 0.2) is 0 Å². The maximum Gasteiger partial charge on any atom is 0.236 e. The molecule has 2 N–H and O–H groups in total. The fourth-order valence-electron chi connectivity index (χ4n) is 2.87. The maximum absolute atomic E-state index is 4.72. The number of para-hydroxylation sites is 4. The van der Waals surface area contributed by atoms with Crippen LogP contribution in [0, 0.1) is 0 Å². The highest BCUT2D eigenvalue weighted by atomic mass is 14.8. The molecular weight excluding hydrogens is 272 g/mol. The van der Waals surface area contributed by atoms with Crippen LogP contribution in [0.4, 0.5) is 0 Å². The number of hydrogen-bond acceptors (Lipinski definition) is 2. The third-order valence-electron chi connectivity index (χ3n) is 3.94. The molecule has 0 atom stereocenters. The van der Waals surface area contributed by atoms with E-state index < -0.39 is 0 Å². The Hall–Kier alpha value is -3.14. The highest BCUT2D eigenvalue weighted by molar-refractivity contribution is 5.92. The summed E-state index contributed by atoms with van der Waals surface area (Å²) in [5.41, 5.74) is 7.81. The molecule has 5 rings (SSSR count). The first kappa shape index (κ1) is 11.5. The van der Waals surface area contributed by atoms with Crippen LogP contribution in [0.15, 0.2) is 60.7 Å². The van der Waals surface area contributed by atoms with E-state index in [0.717, 1.165) is 44.1 Å². The van der Waals surface area contributed by atoms with Crippen molar-refractivity contribution < 1.29 is 9.97 Å². The quantitative estimate of drug-likeness (QED) is 0.411. The van der Waals surface area contributed by atoms with Gasteiger partial charge in [0.05, 0.1) is 6.07 Å². The number of nitrogens with zero attached hydrogens (tertiary/aromatic N) is 2. The molecule has 0 aliphatic carbocycles. The molecule has 0 spiro atoms. The van der Waals surface area contributed by atoms with Gasteiger partial charge < -0.3 is 0 Å². The molecule has 2 aromatic heterocycles. The van der Waals surface area contributed by atoms with Crippen LogP contribution in [0.1, 0.15) is 0 Å². The van der Waals surface area contributed by atoms with Crippen LogP contribution in [-0.4, -0.2) is 9.97 Å². The number of benzene rings is 3. The van der Waals surface area contributed by atoms with Crippen LogP contribution < -0.4 is 9.97 Å². The van der Waals surface area contributed by atoms with Crippen LogP contribution in [-0.2, 0) is 0 Å². The number of aromatic nitrogens is 4. The van der Waals surface area contributed by atoms with Gasteiger partial charge >= 0.3 is 0 Å². The largest absolute Gasteiger partial charge is 0.236 e. The van der Waals surface area contributed by atoms with Gasteiger partial charge in [0.2, 0.25) is 22.1 Å². The molecule has 4 heteroatoms. The van der Waals surface area contributed by atoms with Gasteiger partial charge in [0.25, 0.3) is 0 Å². The zero-order valence-corrected chi connectivity index (χ0v) is 11.7. The number of aromatic amines is 2. The minimum atomic E-state index is 0.919. The third kappa shape index (κ3) is 1.64. The average molecular weight is 284 g/mol. The molecule has 22 heavy (non-hydrogen) atoms. The van der Waals surface area contributed by atoms with Gasteiger partial charge in [0.1, 0.15) is 22.1 Å². The van der Waals surface area contributed by atoms with Gasteiger partial charge in [-0.25, -0.2) is 19.9 Å². The first-order chi connectivity index (χ1) is 10.9. The number of nitrogens with one attached hydrogen (secondary N) is 2. The summed E-state index contributed by atoms with van der Waals surface area (Å²) in [4.78, 5) is 16.3. The normalized spacial score (nSPS) is 11.6. The van der Waals surface area contributed by atoms with E-state index >= 15 is 0 Å². The summed E-state index contributed by atoms with van der Waals surface area (Å²) in [6.07, 6.45) is 0. The molecule has 0 aliphatic heterocycles. The summed E-state index contributed by atoms with van der Waals surface area (Å²) in [5, 5.41) is 0. The van der Waals surface area contributed by atoms with Crippen molar-refractivity contribution in [2.45, 2.75) is 0 Å². The Kier molecular flexibility index (Phi) is 2.19. The van der Waals surface area contributed by atoms with Crippen molar-refractivity contribution in [2.24, 2.45) is 0 Å². The second-order valence-electron chi connectivity index (χ2n) is 5.39. The molecule has 0 bridgehead atoms. The van der Waals surface area contributed by atoms with Gasteiger partial charge in [0, 0.05) is 18.2 Å².